The lowest BCUT2D eigenvalue weighted by molar-refractivity contribution is 0.102. The van der Waals surface area contributed by atoms with Gasteiger partial charge in [-0.1, -0.05) is 30.3 Å². The van der Waals surface area contributed by atoms with Gasteiger partial charge in [-0.25, -0.2) is 0 Å². The van der Waals surface area contributed by atoms with E-state index in [0.29, 0.717) is 39.2 Å². The van der Waals surface area contributed by atoms with Gasteiger partial charge < -0.3 is 15.1 Å². The van der Waals surface area contributed by atoms with Crippen molar-refractivity contribution in [3.8, 4) is 22.9 Å². The molecule has 2 N–H and O–H groups in total. The molecule has 2 heterocycles. The summed E-state index contributed by atoms with van der Waals surface area (Å²) in [5, 5.41) is 15.8. The van der Waals surface area contributed by atoms with E-state index >= 15 is 0 Å². The Balaban J connectivity index is 1.26. The molecule has 3 aromatic carbocycles. The molecule has 5 aromatic rings. The summed E-state index contributed by atoms with van der Waals surface area (Å²) in [5.74, 6) is 0.366. The van der Waals surface area contributed by atoms with E-state index in [1.54, 1.807) is 54.6 Å². The average molecular weight is 481 g/mol. The first-order valence-corrected chi connectivity index (χ1v) is 11.7. The highest BCUT2D eigenvalue weighted by atomic mass is 32.1. The van der Waals surface area contributed by atoms with Crippen molar-refractivity contribution in [2.75, 3.05) is 10.6 Å². The van der Waals surface area contributed by atoms with Crippen molar-refractivity contribution in [1.82, 2.24) is 10.2 Å². The van der Waals surface area contributed by atoms with Crippen molar-refractivity contribution in [3.63, 3.8) is 0 Å². The summed E-state index contributed by atoms with van der Waals surface area (Å²) < 4.78 is 5.85. The van der Waals surface area contributed by atoms with Crippen LogP contribution in [0.4, 0.5) is 11.4 Å². The maximum absolute atomic E-state index is 12.8. The van der Waals surface area contributed by atoms with Crippen molar-refractivity contribution >= 4 is 34.5 Å². The molecule has 172 valence electrons. The molecule has 0 saturated carbocycles. The summed E-state index contributed by atoms with van der Waals surface area (Å²) in [7, 11) is 0. The second kappa shape index (κ2) is 9.74. The first-order valence-electron chi connectivity index (χ1n) is 10.8. The predicted molar refractivity (Wildman–Crippen MR) is 137 cm³/mol. The van der Waals surface area contributed by atoms with Crippen LogP contribution in [0.3, 0.4) is 0 Å². The second-order valence-corrected chi connectivity index (χ2v) is 8.72. The minimum atomic E-state index is -0.274. The number of carbonyl (C=O) groups excluding carboxylic acids is 2. The number of aromatic nitrogens is 2. The molecule has 35 heavy (non-hydrogen) atoms. The van der Waals surface area contributed by atoms with Crippen molar-refractivity contribution in [3.05, 3.63) is 106 Å². The van der Waals surface area contributed by atoms with E-state index < -0.39 is 0 Å². The topological polar surface area (TPSA) is 97.1 Å². The Hall–Kier alpha value is -4.56. The fourth-order valence-corrected chi connectivity index (χ4v) is 4.12. The molecule has 0 radical (unpaired) electrons. The van der Waals surface area contributed by atoms with Crippen LogP contribution in [0.25, 0.3) is 22.9 Å². The van der Waals surface area contributed by atoms with Gasteiger partial charge >= 0.3 is 0 Å². The van der Waals surface area contributed by atoms with Crippen LogP contribution in [0.15, 0.2) is 94.7 Å². The predicted octanol–water partition coefficient (Wildman–Crippen LogP) is 6.28. The Kier molecular flexibility index (Phi) is 6.19. The van der Waals surface area contributed by atoms with Crippen LogP contribution < -0.4 is 10.6 Å². The molecular formula is C27H20N4O3S. The molecule has 8 heteroatoms. The number of carbonyl (C=O) groups is 2. The molecule has 0 bridgehead atoms. The van der Waals surface area contributed by atoms with Gasteiger partial charge in [0.25, 0.3) is 11.8 Å². The van der Waals surface area contributed by atoms with Crippen molar-refractivity contribution in [2.24, 2.45) is 0 Å². The summed E-state index contributed by atoms with van der Waals surface area (Å²) in [4.78, 5) is 25.7. The van der Waals surface area contributed by atoms with Crippen molar-refractivity contribution < 1.29 is 14.0 Å². The van der Waals surface area contributed by atoms with E-state index in [1.807, 2.05) is 42.6 Å². The largest absolute Gasteiger partial charge is 0.416 e. The Morgan fingerprint density at radius 2 is 1.49 bits per heavy atom. The number of benzene rings is 3. The van der Waals surface area contributed by atoms with Gasteiger partial charge in [-0.05, 0) is 72.5 Å². The Morgan fingerprint density at radius 1 is 0.771 bits per heavy atom. The molecule has 0 unspecified atom stereocenters. The number of hydrogen-bond donors (Lipinski definition) is 2. The minimum absolute atomic E-state index is 0.189. The smallest absolute Gasteiger partial charge is 0.265 e. The van der Waals surface area contributed by atoms with Gasteiger partial charge in [-0.2, -0.15) is 0 Å². The standard InChI is InChI=1S/C27H20N4O3S/c1-17-6-2-3-9-22(17)27-31-30-26(34-27)19-13-11-18(12-14-19)24(32)28-20-7-4-8-21(16-20)29-25(33)23-10-5-15-35-23/h2-16H,1H3,(H,28,32)(H,29,33). The quantitative estimate of drug-likeness (QED) is 0.298. The van der Waals surface area contributed by atoms with Crippen molar-refractivity contribution in [1.29, 1.82) is 0 Å². The van der Waals surface area contributed by atoms with E-state index in [1.165, 1.54) is 11.3 Å². The highest BCUT2D eigenvalue weighted by Gasteiger charge is 2.14. The number of nitrogens with zero attached hydrogens (tertiary/aromatic N) is 2. The zero-order valence-electron chi connectivity index (χ0n) is 18.7. The van der Waals surface area contributed by atoms with E-state index in [4.69, 9.17) is 4.42 Å². The lowest BCUT2D eigenvalue weighted by Gasteiger charge is -2.09. The molecule has 0 aliphatic carbocycles. The first-order chi connectivity index (χ1) is 17.1. The minimum Gasteiger partial charge on any atom is -0.416 e. The van der Waals surface area contributed by atoms with Gasteiger partial charge in [0.15, 0.2) is 0 Å². The Bertz CT molecular complexity index is 1490. The molecule has 0 atom stereocenters. The molecule has 2 aromatic heterocycles. The van der Waals surface area contributed by atoms with Gasteiger partial charge in [-0.3, -0.25) is 9.59 Å². The maximum Gasteiger partial charge on any atom is 0.265 e. The molecule has 0 aliphatic heterocycles. The Labute approximate surface area is 205 Å². The van der Waals surface area contributed by atoms with Gasteiger partial charge in [0.2, 0.25) is 11.8 Å². The monoisotopic (exact) mass is 480 g/mol. The number of nitrogens with one attached hydrogen (secondary N) is 2. The zero-order valence-corrected chi connectivity index (χ0v) is 19.5. The van der Waals surface area contributed by atoms with E-state index in [-0.39, 0.29) is 11.8 Å². The highest BCUT2D eigenvalue weighted by molar-refractivity contribution is 7.12. The van der Waals surface area contributed by atoms with Gasteiger partial charge in [-0.15, -0.1) is 21.5 Å². The molecule has 0 fully saturated rings. The SMILES string of the molecule is Cc1ccccc1-c1nnc(-c2ccc(C(=O)Nc3cccc(NC(=O)c4cccs4)c3)cc2)o1. The highest BCUT2D eigenvalue weighted by Crippen LogP contribution is 2.26. The second-order valence-electron chi connectivity index (χ2n) is 7.77. The molecule has 2 amide bonds. The molecular weight excluding hydrogens is 460 g/mol. The zero-order chi connectivity index (χ0) is 24.2. The Morgan fingerprint density at radius 3 is 2.20 bits per heavy atom. The van der Waals surface area contributed by atoms with Crippen LogP contribution in [-0.2, 0) is 0 Å². The van der Waals surface area contributed by atoms with Crippen LogP contribution in [0, 0.1) is 6.92 Å². The van der Waals surface area contributed by atoms with Gasteiger partial charge in [0, 0.05) is 28.1 Å². The van der Waals surface area contributed by atoms with E-state index in [2.05, 4.69) is 20.8 Å². The summed E-state index contributed by atoms with van der Waals surface area (Å²) >= 11 is 1.37. The summed E-state index contributed by atoms with van der Waals surface area (Å²) in [6.45, 7) is 1.99. The van der Waals surface area contributed by atoms with Crippen molar-refractivity contribution in [2.45, 2.75) is 6.92 Å². The fraction of sp³-hybridized carbons (Fsp3) is 0.0370. The lowest BCUT2D eigenvalue weighted by atomic mass is 10.1. The summed E-state index contributed by atoms with van der Waals surface area (Å²) in [6, 6.07) is 25.3. The number of anilines is 2. The third kappa shape index (κ3) is 5.02. The van der Waals surface area contributed by atoms with E-state index in [9.17, 15) is 9.59 Å². The summed E-state index contributed by atoms with van der Waals surface area (Å²) in [6.07, 6.45) is 0. The molecule has 0 aliphatic rings. The van der Waals surface area contributed by atoms with Crippen LogP contribution in [-0.4, -0.2) is 22.0 Å². The third-order valence-electron chi connectivity index (χ3n) is 5.32. The number of thiophene rings is 1. The van der Waals surface area contributed by atoms with E-state index in [0.717, 1.165) is 11.1 Å². The number of rotatable bonds is 6. The number of aryl methyl sites for hydroxylation is 1. The third-order valence-corrected chi connectivity index (χ3v) is 6.19. The van der Waals surface area contributed by atoms with Gasteiger partial charge in [0.05, 0.1) is 4.88 Å². The normalized spacial score (nSPS) is 10.7. The first kappa shape index (κ1) is 22.2. The molecule has 0 saturated heterocycles. The number of amides is 2. The van der Waals surface area contributed by atoms with Gasteiger partial charge in [0.1, 0.15) is 0 Å². The lowest BCUT2D eigenvalue weighted by Crippen LogP contribution is -2.13. The molecule has 7 nitrogen and oxygen atoms in total. The molecule has 5 rings (SSSR count). The number of hydrogen-bond acceptors (Lipinski definition) is 6. The average Bonchev–Trinajstić information content (AvgIpc) is 3.58. The van der Waals surface area contributed by atoms with Crippen LogP contribution in [0.2, 0.25) is 0 Å². The fourth-order valence-electron chi connectivity index (χ4n) is 3.50. The summed E-state index contributed by atoms with van der Waals surface area (Å²) in [5.41, 5.74) is 4.29. The van der Waals surface area contributed by atoms with Crippen LogP contribution >= 0.6 is 11.3 Å². The maximum atomic E-state index is 12.8. The molecule has 0 spiro atoms. The van der Waals surface area contributed by atoms with Crippen LogP contribution in [0.1, 0.15) is 25.6 Å². The van der Waals surface area contributed by atoms with Crippen LogP contribution in [0.5, 0.6) is 0 Å².